The molecular weight excluding hydrogens is 344 g/mol. The summed E-state index contributed by atoms with van der Waals surface area (Å²) < 4.78 is 6.99. The Morgan fingerprint density at radius 1 is 1.32 bits per heavy atom. The molecule has 0 aliphatic carbocycles. The smallest absolute Gasteiger partial charge is 0.122 e. The zero-order valence-electron chi connectivity index (χ0n) is 13.1. The summed E-state index contributed by atoms with van der Waals surface area (Å²) >= 11 is 3.69. The Morgan fingerprint density at radius 3 is 2.91 bits per heavy atom. The fourth-order valence-electron chi connectivity index (χ4n) is 2.99. The molecule has 0 radical (unpaired) electrons. The number of hydrogen-bond acceptors (Lipinski definition) is 4. The van der Waals surface area contributed by atoms with E-state index in [1.807, 2.05) is 0 Å². The highest BCUT2D eigenvalue weighted by atomic mass is 79.9. The molecule has 120 valence electrons. The zero-order valence-corrected chi connectivity index (χ0v) is 14.6. The predicted molar refractivity (Wildman–Crippen MR) is 91.1 cm³/mol. The van der Waals surface area contributed by atoms with Crippen molar-refractivity contribution in [2.24, 2.45) is 5.16 Å². The number of hydrogen-bond donors (Lipinski definition) is 0. The molecular formula is C17H23BrN2O2. The van der Waals surface area contributed by atoms with E-state index in [9.17, 15) is 0 Å². The lowest BCUT2D eigenvalue weighted by atomic mass is 10.1. The minimum absolute atomic E-state index is 0.354. The summed E-state index contributed by atoms with van der Waals surface area (Å²) in [5, 5.41) is 4.15. The Morgan fingerprint density at radius 2 is 2.23 bits per heavy atom. The van der Waals surface area contributed by atoms with Crippen LogP contribution in [0.5, 0.6) is 0 Å². The van der Waals surface area contributed by atoms with E-state index < -0.39 is 0 Å². The third-order valence-corrected chi connectivity index (χ3v) is 4.91. The van der Waals surface area contributed by atoms with E-state index in [2.05, 4.69) is 51.1 Å². The number of benzene rings is 1. The van der Waals surface area contributed by atoms with E-state index in [4.69, 9.17) is 9.57 Å². The average molecular weight is 367 g/mol. The predicted octanol–water partition coefficient (Wildman–Crippen LogP) is 3.51. The third kappa shape index (κ3) is 4.31. The molecule has 5 heteroatoms. The Balaban J connectivity index is 1.68. The number of rotatable bonds is 6. The zero-order chi connectivity index (χ0) is 15.4. The molecule has 0 aromatic heterocycles. The first-order valence-corrected chi connectivity index (χ1v) is 8.77. The van der Waals surface area contributed by atoms with Crippen LogP contribution < -0.4 is 0 Å². The fraction of sp³-hybridized carbons (Fsp3) is 0.588. The molecule has 22 heavy (non-hydrogen) atoms. The molecule has 3 rings (SSSR count). The van der Waals surface area contributed by atoms with Gasteiger partial charge in [-0.3, -0.25) is 4.90 Å². The van der Waals surface area contributed by atoms with Gasteiger partial charge in [0.2, 0.25) is 0 Å². The van der Waals surface area contributed by atoms with Gasteiger partial charge in [-0.25, -0.2) is 0 Å². The maximum atomic E-state index is 5.81. The number of halogens is 1. The first kappa shape index (κ1) is 16.0. The summed E-state index contributed by atoms with van der Waals surface area (Å²) in [6, 6.07) is 6.55. The molecule has 1 aromatic rings. The Hall–Kier alpha value is -0.910. The van der Waals surface area contributed by atoms with Crippen LogP contribution in [-0.4, -0.2) is 43.0 Å². The largest absolute Gasteiger partial charge is 0.395 e. The van der Waals surface area contributed by atoms with Gasteiger partial charge in [0.05, 0.1) is 11.8 Å². The summed E-state index contributed by atoms with van der Waals surface area (Å²) in [5.74, 6) is 0. The minimum atomic E-state index is 0.354. The third-order valence-electron chi connectivity index (χ3n) is 4.17. The van der Waals surface area contributed by atoms with Gasteiger partial charge in [0, 0.05) is 37.1 Å². The lowest BCUT2D eigenvalue weighted by molar-refractivity contribution is 0.0757. The molecule has 1 atom stereocenters. The second-order valence-corrected chi connectivity index (χ2v) is 6.99. The van der Waals surface area contributed by atoms with Gasteiger partial charge in [0.15, 0.2) is 0 Å². The fourth-order valence-corrected chi connectivity index (χ4v) is 3.61. The van der Waals surface area contributed by atoms with Gasteiger partial charge in [-0.15, -0.1) is 0 Å². The van der Waals surface area contributed by atoms with Gasteiger partial charge in [0.1, 0.15) is 6.61 Å². The van der Waals surface area contributed by atoms with Crippen molar-refractivity contribution < 1.29 is 9.57 Å². The first-order chi connectivity index (χ1) is 10.7. The molecule has 0 bridgehead atoms. The Labute approximate surface area is 140 Å². The van der Waals surface area contributed by atoms with Gasteiger partial charge >= 0.3 is 0 Å². The van der Waals surface area contributed by atoms with Gasteiger partial charge in [-0.05, 0) is 37.0 Å². The second-order valence-electron chi connectivity index (χ2n) is 6.14. The quantitative estimate of drug-likeness (QED) is 0.772. The number of aryl methyl sites for hydroxylation is 1. The van der Waals surface area contributed by atoms with Crippen LogP contribution in [0.2, 0.25) is 0 Å². The van der Waals surface area contributed by atoms with Crippen LogP contribution in [0.25, 0.3) is 0 Å². The minimum Gasteiger partial charge on any atom is -0.395 e. The molecule has 0 saturated carbocycles. The highest BCUT2D eigenvalue weighted by molar-refractivity contribution is 9.10. The molecule has 4 nitrogen and oxygen atoms in total. The summed E-state index contributed by atoms with van der Waals surface area (Å²) in [7, 11) is 0. The first-order valence-electron chi connectivity index (χ1n) is 7.97. The molecule has 0 amide bonds. The molecule has 1 saturated heterocycles. The highest BCUT2D eigenvalue weighted by Crippen LogP contribution is 2.22. The van der Waals surface area contributed by atoms with E-state index in [1.54, 1.807) is 0 Å². The van der Waals surface area contributed by atoms with Crippen LogP contribution in [0, 0.1) is 6.92 Å². The highest BCUT2D eigenvalue weighted by Gasteiger charge is 2.22. The Kier molecular flexibility index (Phi) is 5.50. The molecule has 2 aliphatic rings. The van der Waals surface area contributed by atoms with Gasteiger partial charge in [-0.1, -0.05) is 33.2 Å². The average Bonchev–Trinajstić information content (AvgIpc) is 3.15. The van der Waals surface area contributed by atoms with Crippen LogP contribution in [0.15, 0.2) is 27.8 Å². The van der Waals surface area contributed by atoms with Gasteiger partial charge in [-0.2, -0.15) is 0 Å². The standard InChI is InChI=1S/C17H23BrN2O2/c1-13-4-5-14(17(18)9-13)10-20(11-15-6-8-22-19-15)12-16-3-2-7-21-16/h4-5,9,16H,2-3,6-8,10-12H2,1H3. The van der Waals surface area contributed by atoms with Crippen molar-refractivity contribution in [1.29, 1.82) is 0 Å². The maximum Gasteiger partial charge on any atom is 0.122 e. The maximum absolute atomic E-state index is 5.81. The molecule has 1 unspecified atom stereocenters. The SMILES string of the molecule is Cc1ccc(CN(CC2=NOCC2)CC2CCCO2)c(Br)c1. The molecule has 1 fully saturated rings. The van der Waals surface area contributed by atoms with Crippen molar-refractivity contribution in [2.45, 2.75) is 38.8 Å². The topological polar surface area (TPSA) is 34.1 Å². The van der Waals surface area contributed by atoms with Crippen molar-refractivity contribution in [1.82, 2.24) is 4.90 Å². The number of oxime groups is 1. The molecule has 1 aromatic carbocycles. The van der Waals surface area contributed by atoms with Gasteiger partial charge in [0.25, 0.3) is 0 Å². The van der Waals surface area contributed by atoms with Crippen molar-refractivity contribution >= 4 is 21.6 Å². The van der Waals surface area contributed by atoms with Crippen molar-refractivity contribution in [3.05, 3.63) is 33.8 Å². The molecule has 0 N–H and O–H groups in total. The Bertz CT molecular complexity index is 541. The van der Waals surface area contributed by atoms with E-state index >= 15 is 0 Å². The van der Waals surface area contributed by atoms with Crippen LogP contribution in [0.1, 0.15) is 30.4 Å². The molecule has 0 spiro atoms. The monoisotopic (exact) mass is 366 g/mol. The second kappa shape index (κ2) is 7.57. The summed E-state index contributed by atoms with van der Waals surface area (Å²) in [4.78, 5) is 7.57. The molecule has 2 heterocycles. The van der Waals surface area contributed by atoms with E-state index in [0.29, 0.717) is 6.10 Å². The van der Waals surface area contributed by atoms with Crippen LogP contribution in [-0.2, 0) is 16.1 Å². The van der Waals surface area contributed by atoms with Crippen LogP contribution >= 0.6 is 15.9 Å². The van der Waals surface area contributed by atoms with Crippen molar-refractivity contribution in [3.63, 3.8) is 0 Å². The van der Waals surface area contributed by atoms with Crippen LogP contribution in [0.4, 0.5) is 0 Å². The normalized spacial score (nSPS) is 21.2. The summed E-state index contributed by atoms with van der Waals surface area (Å²) in [6.45, 7) is 6.46. The van der Waals surface area contributed by atoms with E-state index in [1.165, 1.54) is 22.0 Å². The summed E-state index contributed by atoms with van der Waals surface area (Å²) in [5.41, 5.74) is 3.72. The van der Waals surface area contributed by atoms with E-state index in [0.717, 1.165) is 51.4 Å². The number of ether oxygens (including phenoxy) is 1. The lowest BCUT2D eigenvalue weighted by Crippen LogP contribution is -2.35. The van der Waals surface area contributed by atoms with Crippen molar-refractivity contribution in [3.8, 4) is 0 Å². The lowest BCUT2D eigenvalue weighted by Gasteiger charge is -2.25. The van der Waals surface area contributed by atoms with Crippen molar-refractivity contribution in [2.75, 3.05) is 26.3 Å². The summed E-state index contributed by atoms with van der Waals surface area (Å²) in [6.07, 6.45) is 3.63. The molecule has 2 aliphatic heterocycles. The van der Waals surface area contributed by atoms with Crippen LogP contribution in [0.3, 0.4) is 0 Å². The number of nitrogens with zero attached hydrogens (tertiary/aromatic N) is 2. The van der Waals surface area contributed by atoms with Gasteiger partial charge < -0.3 is 9.57 Å². The van der Waals surface area contributed by atoms with E-state index in [-0.39, 0.29) is 0 Å².